The highest BCUT2D eigenvalue weighted by atomic mass is 16.5. The van der Waals surface area contributed by atoms with Crippen LogP contribution in [0.3, 0.4) is 0 Å². The van der Waals surface area contributed by atoms with Crippen molar-refractivity contribution >= 4 is 0 Å². The molecule has 4 heteroatoms. The predicted octanol–water partition coefficient (Wildman–Crippen LogP) is 1.96. The fraction of sp³-hybridized carbons (Fsp3) is 0.538. The maximum Gasteiger partial charge on any atom is 0.165 e. The van der Waals surface area contributed by atoms with Crippen LogP contribution in [0, 0.1) is 0 Å². The summed E-state index contributed by atoms with van der Waals surface area (Å²) in [6.07, 6.45) is 0.857. The van der Waals surface area contributed by atoms with Gasteiger partial charge in [-0.15, -0.1) is 0 Å². The van der Waals surface area contributed by atoms with Crippen molar-refractivity contribution in [3.05, 3.63) is 23.8 Å². The third-order valence-corrected chi connectivity index (χ3v) is 2.38. The lowest BCUT2D eigenvalue weighted by Gasteiger charge is -2.14. The van der Waals surface area contributed by atoms with Crippen molar-refractivity contribution in [1.82, 2.24) is 0 Å². The summed E-state index contributed by atoms with van der Waals surface area (Å²) in [6.45, 7) is 4.48. The summed E-state index contributed by atoms with van der Waals surface area (Å²) in [4.78, 5) is 0. The monoisotopic (exact) mass is 239 g/mol. The molecule has 0 radical (unpaired) electrons. The fourth-order valence-corrected chi connectivity index (χ4v) is 1.53. The highest BCUT2D eigenvalue weighted by molar-refractivity contribution is 5.46. The van der Waals surface area contributed by atoms with E-state index in [-0.39, 0.29) is 0 Å². The third kappa shape index (κ3) is 4.24. The van der Waals surface area contributed by atoms with Gasteiger partial charge in [-0.3, -0.25) is 0 Å². The molecule has 1 aromatic rings. The first kappa shape index (κ1) is 13.8. The van der Waals surface area contributed by atoms with E-state index in [9.17, 15) is 0 Å². The minimum absolute atomic E-state index is 0.442. The number of para-hydroxylation sites is 1. The number of hydrogen-bond donors (Lipinski definition) is 1. The Morgan fingerprint density at radius 1 is 1.24 bits per heavy atom. The summed E-state index contributed by atoms with van der Waals surface area (Å²) in [5.74, 6) is 1.47. The summed E-state index contributed by atoms with van der Waals surface area (Å²) < 4.78 is 16.2. The minimum atomic E-state index is 0.442. The van der Waals surface area contributed by atoms with Gasteiger partial charge in [0.05, 0.1) is 13.7 Å². The van der Waals surface area contributed by atoms with Crippen molar-refractivity contribution in [1.29, 1.82) is 0 Å². The van der Waals surface area contributed by atoms with Gasteiger partial charge in [-0.25, -0.2) is 0 Å². The molecule has 0 spiro atoms. The molecule has 1 aromatic carbocycles. The molecule has 1 rings (SSSR count). The lowest BCUT2D eigenvalue weighted by atomic mass is 10.2. The molecule has 0 aliphatic rings. The lowest BCUT2D eigenvalue weighted by molar-refractivity contribution is 0.130. The van der Waals surface area contributed by atoms with Crippen LogP contribution in [0.4, 0.5) is 0 Å². The van der Waals surface area contributed by atoms with Crippen molar-refractivity contribution in [2.75, 3.05) is 26.9 Å². The van der Waals surface area contributed by atoms with Gasteiger partial charge in [-0.05, 0) is 13.0 Å². The van der Waals surface area contributed by atoms with E-state index in [4.69, 9.17) is 19.9 Å². The molecule has 0 aliphatic carbocycles. The summed E-state index contributed by atoms with van der Waals surface area (Å²) in [5, 5.41) is 0. The highest BCUT2D eigenvalue weighted by Gasteiger charge is 2.08. The predicted molar refractivity (Wildman–Crippen MR) is 67.5 cm³/mol. The van der Waals surface area contributed by atoms with Crippen LogP contribution in [0.5, 0.6) is 11.5 Å². The Bertz CT molecular complexity index is 306. The van der Waals surface area contributed by atoms with Crippen LogP contribution in [0.25, 0.3) is 0 Å². The normalized spacial score (nSPS) is 10.3. The van der Waals surface area contributed by atoms with Crippen LogP contribution in [0.2, 0.25) is 0 Å². The van der Waals surface area contributed by atoms with Gasteiger partial charge in [0.25, 0.3) is 0 Å². The molecular formula is C13H21NO3. The highest BCUT2D eigenvalue weighted by Crippen LogP contribution is 2.30. The van der Waals surface area contributed by atoms with E-state index < -0.39 is 0 Å². The maximum atomic E-state index is 5.71. The van der Waals surface area contributed by atoms with Gasteiger partial charge in [0.15, 0.2) is 11.5 Å². The molecule has 0 saturated heterocycles. The van der Waals surface area contributed by atoms with Crippen molar-refractivity contribution in [3.63, 3.8) is 0 Å². The molecule has 4 nitrogen and oxygen atoms in total. The fourth-order valence-electron chi connectivity index (χ4n) is 1.53. The van der Waals surface area contributed by atoms with E-state index >= 15 is 0 Å². The smallest absolute Gasteiger partial charge is 0.165 e. The zero-order valence-corrected chi connectivity index (χ0v) is 10.6. The van der Waals surface area contributed by atoms with E-state index in [1.807, 2.05) is 25.1 Å². The van der Waals surface area contributed by atoms with Crippen molar-refractivity contribution in [2.45, 2.75) is 19.9 Å². The van der Waals surface area contributed by atoms with Crippen LogP contribution in [0.1, 0.15) is 18.9 Å². The molecular weight excluding hydrogens is 218 g/mol. The standard InChI is InChI=1S/C13H21NO3/c1-3-16-8-5-9-17-13-11(10-14)6-4-7-12(13)15-2/h4,6-7H,3,5,8-10,14H2,1-2H3. The molecule has 0 unspecified atom stereocenters. The second-order valence-electron chi connectivity index (χ2n) is 3.55. The van der Waals surface area contributed by atoms with Gasteiger partial charge in [-0.1, -0.05) is 12.1 Å². The molecule has 0 amide bonds. The Morgan fingerprint density at radius 2 is 2.06 bits per heavy atom. The number of hydrogen-bond acceptors (Lipinski definition) is 4. The first-order valence-electron chi connectivity index (χ1n) is 5.90. The summed E-state index contributed by atoms with van der Waals surface area (Å²) in [7, 11) is 1.63. The molecule has 0 saturated carbocycles. The van der Waals surface area contributed by atoms with Crippen LogP contribution in [-0.2, 0) is 11.3 Å². The maximum absolute atomic E-state index is 5.71. The molecule has 0 aliphatic heterocycles. The van der Waals surface area contributed by atoms with E-state index in [0.29, 0.717) is 19.8 Å². The lowest BCUT2D eigenvalue weighted by Crippen LogP contribution is -2.07. The van der Waals surface area contributed by atoms with E-state index in [1.165, 1.54) is 0 Å². The third-order valence-electron chi connectivity index (χ3n) is 2.38. The quantitative estimate of drug-likeness (QED) is 0.705. The second-order valence-corrected chi connectivity index (χ2v) is 3.55. The molecule has 0 bridgehead atoms. The largest absolute Gasteiger partial charge is 0.493 e. The first-order valence-corrected chi connectivity index (χ1v) is 5.90. The van der Waals surface area contributed by atoms with Gasteiger partial charge in [-0.2, -0.15) is 0 Å². The summed E-state index contributed by atoms with van der Waals surface area (Å²) in [5.41, 5.74) is 6.62. The Labute approximate surface area is 103 Å². The van der Waals surface area contributed by atoms with Crippen LogP contribution in [-0.4, -0.2) is 26.9 Å². The Balaban J connectivity index is 2.55. The molecule has 0 atom stereocenters. The van der Waals surface area contributed by atoms with Gasteiger partial charge in [0.1, 0.15) is 0 Å². The van der Waals surface area contributed by atoms with E-state index in [0.717, 1.165) is 30.1 Å². The Kier molecular flexibility index (Phi) is 6.43. The topological polar surface area (TPSA) is 53.7 Å². The molecule has 0 heterocycles. The van der Waals surface area contributed by atoms with Gasteiger partial charge >= 0.3 is 0 Å². The Morgan fingerprint density at radius 3 is 2.71 bits per heavy atom. The SMILES string of the molecule is CCOCCCOc1c(CN)cccc1OC. The minimum Gasteiger partial charge on any atom is -0.493 e. The number of ether oxygens (including phenoxy) is 3. The number of benzene rings is 1. The molecule has 96 valence electrons. The van der Waals surface area contributed by atoms with E-state index in [1.54, 1.807) is 7.11 Å². The van der Waals surface area contributed by atoms with E-state index in [2.05, 4.69) is 0 Å². The second kappa shape index (κ2) is 7.92. The van der Waals surface area contributed by atoms with Crippen molar-refractivity contribution in [2.24, 2.45) is 5.73 Å². The number of nitrogens with two attached hydrogens (primary N) is 1. The average molecular weight is 239 g/mol. The average Bonchev–Trinajstić information content (AvgIpc) is 2.38. The number of rotatable bonds is 8. The first-order chi connectivity index (χ1) is 8.33. The van der Waals surface area contributed by atoms with Crippen LogP contribution < -0.4 is 15.2 Å². The van der Waals surface area contributed by atoms with Crippen LogP contribution >= 0.6 is 0 Å². The van der Waals surface area contributed by atoms with Gasteiger partial charge in [0, 0.05) is 31.7 Å². The molecule has 0 aromatic heterocycles. The zero-order valence-electron chi connectivity index (χ0n) is 10.6. The van der Waals surface area contributed by atoms with Gasteiger partial charge in [0.2, 0.25) is 0 Å². The summed E-state index contributed by atoms with van der Waals surface area (Å²) >= 11 is 0. The van der Waals surface area contributed by atoms with Crippen molar-refractivity contribution in [3.8, 4) is 11.5 Å². The summed E-state index contributed by atoms with van der Waals surface area (Å²) in [6, 6.07) is 5.73. The number of methoxy groups -OCH3 is 1. The molecule has 0 fully saturated rings. The van der Waals surface area contributed by atoms with Gasteiger partial charge < -0.3 is 19.9 Å². The van der Waals surface area contributed by atoms with Crippen molar-refractivity contribution < 1.29 is 14.2 Å². The van der Waals surface area contributed by atoms with Crippen LogP contribution in [0.15, 0.2) is 18.2 Å². The zero-order chi connectivity index (χ0) is 12.5. The molecule has 2 N–H and O–H groups in total. The molecule has 17 heavy (non-hydrogen) atoms. The Hall–Kier alpha value is -1.26.